The molecule has 0 aromatic carbocycles. The van der Waals surface area contributed by atoms with Gasteiger partial charge in [-0.3, -0.25) is 9.59 Å². The minimum Gasteiger partial charge on any atom is -0.450 e. The lowest BCUT2D eigenvalue weighted by molar-refractivity contribution is -0.177. The van der Waals surface area contributed by atoms with Crippen LogP contribution in [-0.2, 0) is 23.9 Å². The van der Waals surface area contributed by atoms with E-state index in [1.807, 2.05) is 27.7 Å². The molecule has 3 unspecified atom stereocenters. The first-order valence-corrected chi connectivity index (χ1v) is 11.1. The van der Waals surface area contributed by atoms with Gasteiger partial charge in [-0.15, -0.1) is 0 Å². The Balaban J connectivity index is 1.97. The molecule has 0 aromatic heterocycles. The zero-order valence-corrected chi connectivity index (χ0v) is 18.7. The summed E-state index contributed by atoms with van der Waals surface area (Å²) < 4.78 is 11.5. The van der Waals surface area contributed by atoms with Crippen molar-refractivity contribution in [1.82, 2.24) is 0 Å². The molecule has 2 saturated carbocycles. The summed E-state index contributed by atoms with van der Waals surface area (Å²) in [5.74, 6) is -0.668. The predicted octanol–water partition coefficient (Wildman–Crippen LogP) is 2.86. The van der Waals surface area contributed by atoms with Crippen molar-refractivity contribution in [3.8, 4) is 0 Å². The van der Waals surface area contributed by atoms with Crippen LogP contribution in [0.3, 0.4) is 0 Å². The number of hydrogen-bond donors (Lipinski definition) is 1. The molecule has 0 aromatic rings. The van der Waals surface area contributed by atoms with Crippen LogP contribution in [0.2, 0.25) is 0 Å². The highest BCUT2D eigenvalue weighted by atomic mass is 16.5. The van der Waals surface area contributed by atoms with Crippen LogP contribution in [0.5, 0.6) is 0 Å². The van der Waals surface area contributed by atoms with Crippen molar-refractivity contribution in [2.75, 3.05) is 13.2 Å². The number of aldehydes is 1. The van der Waals surface area contributed by atoms with E-state index >= 15 is 0 Å². The lowest BCUT2D eigenvalue weighted by Crippen LogP contribution is -2.63. The Kier molecular flexibility index (Phi) is 5.06. The summed E-state index contributed by atoms with van der Waals surface area (Å²) in [4.78, 5) is 38.9. The van der Waals surface area contributed by atoms with Crippen LogP contribution in [-0.4, -0.2) is 48.6 Å². The average Bonchev–Trinajstić information content (AvgIpc) is 3.12. The third-order valence-electron chi connectivity index (χ3n) is 9.20. The van der Waals surface area contributed by atoms with E-state index in [0.29, 0.717) is 38.9 Å². The number of fused-ring (bicyclic) bond motifs is 5. The Morgan fingerprint density at radius 3 is 2.60 bits per heavy atom. The molecule has 7 atom stereocenters. The SMILES string of the molecule is CC(=O)OC1C(=O)[C@@]2(C)C(CC3(C=O)CCC(C)=C1C3(C)C)[C@@H]1COC[C@@H]1C[C@@H]2O. The third kappa shape index (κ3) is 2.72. The van der Waals surface area contributed by atoms with Crippen molar-refractivity contribution in [2.45, 2.75) is 72.5 Å². The average molecular weight is 419 g/mol. The van der Waals surface area contributed by atoms with Gasteiger partial charge in [0.2, 0.25) is 0 Å². The van der Waals surface area contributed by atoms with Gasteiger partial charge in [0.15, 0.2) is 11.9 Å². The number of ether oxygens (including phenoxy) is 2. The molecule has 30 heavy (non-hydrogen) atoms. The van der Waals surface area contributed by atoms with Crippen molar-refractivity contribution in [2.24, 2.45) is 34.0 Å². The largest absolute Gasteiger partial charge is 0.450 e. The van der Waals surface area contributed by atoms with Crippen LogP contribution in [0.25, 0.3) is 0 Å². The van der Waals surface area contributed by atoms with E-state index in [0.717, 1.165) is 17.4 Å². The molecule has 2 bridgehead atoms. The Morgan fingerprint density at radius 1 is 1.27 bits per heavy atom. The van der Waals surface area contributed by atoms with Gasteiger partial charge in [0.05, 0.1) is 18.1 Å². The second-order valence-corrected chi connectivity index (χ2v) is 10.8. The number of carbonyl (C=O) groups excluding carboxylic acids is 3. The standard InChI is InChI=1S/C24H34O6/c1-13-6-7-24(12-25)9-17-16-11-29-10-15(16)8-18(27)23(17,5)21(28)20(30-14(2)26)19(13)22(24,3)4/h12,15-18,20,27H,6-11H2,1-5H3/t15-,16+,17?,18-,20?,23-,24?/m0/s1. The molecule has 1 heterocycles. The summed E-state index contributed by atoms with van der Waals surface area (Å²) in [6.07, 6.45) is 1.57. The van der Waals surface area contributed by atoms with Crippen molar-refractivity contribution in [1.29, 1.82) is 0 Å². The molecule has 166 valence electrons. The van der Waals surface area contributed by atoms with Gasteiger partial charge in [-0.25, -0.2) is 0 Å². The number of Topliss-reactive ketones (excluding diaryl/α,β-unsaturated/α-hetero) is 1. The molecule has 0 amide bonds. The second-order valence-electron chi connectivity index (χ2n) is 10.8. The van der Waals surface area contributed by atoms with Gasteiger partial charge in [0, 0.05) is 24.4 Å². The van der Waals surface area contributed by atoms with E-state index in [1.165, 1.54) is 6.92 Å². The van der Waals surface area contributed by atoms with Gasteiger partial charge in [-0.2, -0.15) is 0 Å². The van der Waals surface area contributed by atoms with Crippen LogP contribution >= 0.6 is 0 Å². The van der Waals surface area contributed by atoms with Crippen molar-refractivity contribution in [3.63, 3.8) is 0 Å². The summed E-state index contributed by atoms with van der Waals surface area (Å²) in [7, 11) is 0. The number of ketones is 1. The quantitative estimate of drug-likeness (QED) is 0.421. The molecule has 3 fully saturated rings. The lowest BCUT2D eigenvalue weighted by atomic mass is 9.44. The number of carbonyl (C=O) groups is 3. The maximum absolute atomic E-state index is 14.1. The highest BCUT2D eigenvalue weighted by molar-refractivity contribution is 5.95. The van der Waals surface area contributed by atoms with Gasteiger partial charge >= 0.3 is 5.97 Å². The van der Waals surface area contributed by atoms with Crippen LogP contribution in [0.1, 0.15) is 60.3 Å². The van der Waals surface area contributed by atoms with Gasteiger partial charge < -0.3 is 19.4 Å². The highest BCUT2D eigenvalue weighted by Gasteiger charge is 2.66. The number of aliphatic hydroxyl groups is 1. The summed E-state index contributed by atoms with van der Waals surface area (Å²) >= 11 is 0. The first-order valence-electron chi connectivity index (χ1n) is 11.1. The van der Waals surface area contributed by atoms with Gasteiger partial charge in [0.1, 0.15) is 6.29 Å². The number of hydrogen-bond acceptors (Lipinski definition) is 6. The van der Waals surface area contributed by atoms with Crippen molar-refractivity contribution < 1.29 is 29.0 Å². The van der Waals surface area contributed by atoms with Gasteiger partial charge in [-0.1, -0.05) is 19.4 Å². The maximum Gasteiger partial charge on any atom is 0.303 e. The Morgan fingerprint density at radius 2 is 1.97 bits per heavy atom. The zero-order chi connectivity index (χ0) is 22.1. The molecule has 1 aliphatic heterocycles. The highest BCUT2D eigenvalue weighted by Crippen LogP contribution is 2.64. The second kappa shape index (κ2) is 6.99. The minimum absolute atomic E-state index is 0.113. The molecule has 0 radical (unpaired) electrons. The summed E-state index contributed by atoms with van der Waals surface area (Å²) in [6, 6.07) is 0. The van der Waals surface area contributed by atoms with E-state index in [1.54, 1.807) is 0 Å². The number of aliphatic hydroxyl groups excluding tert-OH is 1. The number of esters is 1. The summed E-state index contributed by atoms with van der Waals surface area (Å²) in [5.41, 5.74) is -0.658. The Bertz CT molecular complexity index is 813. The fourth-order valence-electron chi connectivity index (χ4n) is 7.14. The maximum atomic E-state index is 14.1. The lowest BCUT2D eigenvalue weighted by Gasteiger charge is -2.59. The Labute approximate surface area is 178 Å². The third-order valence-corrected chi connectivity index (χ3v) is 9.20. The zero-order valence-electron chi connectivity index (χ0n) is 18.7. The summed E-state index contributed by atoms with van der Waals surface area (Å²) in [5, 5.41) is 11.2. The van der Waals surface area contributed by atoms with Crippen LogP contribution < -0.4 is 0 Å². The molecule has 1 N–H and O–H groups in total. The molecule has 4 aliphatic rings. The van der Waals surface area contributed by atoms with Gasteiger partial charge in [-0.05, 0) is 62.9 Å². The fraction of sp³-hybridized carbons (Fsp3) is 0.792. The van der Waals surface area contributed by atoms with E-state index in [-0.39, 0.29) is 23.5 Å². The molecular formula is C24H34O6. The fourth-order valence-corrected chi connectivity index (χ4v) is 7.14. The van der Waals surface area contributed by atoms with E-state index < -0.39 is 34.4 Å². The molecule has 1 saturated heterocycles. The van der Waals surface area contributed by atoms with Crippen LogP contribution in [0.15, 0.2) is 11.1 Å². The van der Waals surface area contributed by atoms with E-state index in [4.69, 9.17) is 9.47 Å². The molecule has 4 rings (SSSR count). The first kappa shape index (κ1) is 21.7. The smallest absolute Gasteiger partial charge is 0.303 e. The molecule has 3 aliphatic carbocycles. The monoisotopic (exact) mass is 418 g/mol. The Hall–Kier alpha value is -1.53. The van der Waals surface area contributed by atoms with Gasteiger partial charge in [0.25, 0.3) is 0 Å². The molecule has 0 spiro atoms. The molecular weight excluding hydrogens is 384 g/mol. The predicted molar refractivity (Wildman–Crippen MR) is 109 cm³/mol. The minimum atomic E-state index is -1.09. The molecule has 6 nitrogen and oxygen atoms in total. The topological polar surface area (TPSA) is 89.9 Å². The first-order chi connectivity index (χ1) is 14.0. The normalized spacial score (nSPS) is 45.1. The molecule has 6 heteroatoms. The van der Waals surface area contributed by atoms with Crippen LogP contribution in [0.4, 0.5) is 0 Å². The van der Waals surface area contributed by atoms with E-state index in [2.05, 4.69) is 0 Å². The number of rotatable bonds is 2. The summed E-state index contributed by atoms with van der Waals surface area (Å²) in [6.45, 7) is 10.2. The number of allylic oxidation sites excluding steroid dienone is 1. The van der Waals surface area contributed by atoms with E-state index in [9.17, 15) is 19.5 Å². The van der Waals surface area contributed by atoms with Crippen molar-refractivity contribution in [3.05, 3.63) is 11.1 Å². The van der Waals surface area contributed by atoms with Crippen molar-refractivity contribution >= 4 is 18.0 Å². The van der Waals surface area contributed by atoms with Crippen LogP contribution in [0, 0.1) is 34.0 Å².